The van der Waals surface area contributed by atoms with Gasteiger partial charge < -0.3 is 4.42 Å². The molecule has 3 heteroatoms. The summed E-state index contributed by atoms with van der Waals surface area (Å²) in [7, 11) is 0. The van der Waals surface area contributed by atoms with Gasteiger partial charge in [-0.15, -0.1) is 10.2 Å². The molecule has 1 aromatic heterocycles. The second-order valence-electron chi connectivity index (χ2n) is 9.06. The molecule has 170 valence electrons. The van der Waals surface area contributed by atoms with E-state index in [-0.39, 0.29) is 0 Å². The lowest BCUT2D eigenvalue weighted by Gasteiger charge is -2.14. The van der Waals surface area contributed by atoms with Gasteiger partial charge in [0.05, 0.1) is 0 Å². The monoisotopic (exact) mass is 406 g/mol. The van der Waals surface area contributed by atoms with Crippen LogP contribution in [0.2, 0.25) is 0 Å². The molecule has 0 aromatic carbocycles. The quantitative estimate of drug-likeness (QED) is 0.202. The van der Waals surface area contributed by atoms with E-state index >= 15 is 0 Å². The second-order valence-corrected chi connectivity index (χ2v) is 9.06. The molecule has 0 bridgehead atoms. The van der Waals surface area contributed by atoms with Crippen molar-refractivity contribution in [2.24, 2.45) is 0 Å². The highest BCUT2D eigenvalue weighted by molar-refractivity contribution is 4.96. The number of hydrogen-bond acceptors (Lipinski definition) is 3. The van der Waals surface area contributed by atoms with Gasteiger partial charge in [-0.25, -0.2) is 0 Å². The Labute approximate surface area is 181 Å². The van der Waals surface area contributed by atoms with Crippen molar-refractivity contribution in [2.75, 3.05) is 0 Å². The number of aromatic nitrogens is 2. The lowest BCUT2D eigenvalue weighted by atomic mass is 9.94. The van der Waals surface area contributed by atoms with Crippen LogP contribution in [0.1, 0.15) is 167 Å². The smallest absolute Gasteiger partial charge is 0.219 e. The van der Waals surface area contributed by atoms with Gasteiger partial charge in [0.25, 0.3) is 0 Å². The number of hydrogen-bond donors (Lipinski definition) is 0. The van der Waals surface area contributed by atoms with Crippen LogP contribution in [0.4, 0.5) is 0 Å². The van der Waals surface area contributed by atoms with E-state index in [9.17, 15) is 0 Å². The molecule has 29 heavy (non-hydrogen) atoms. The van der Waals surface area contributed by atoms with E-state index in [0.717, 1.165) is 11.8 Å². The number of unbranched alkanes of at least 4 members (excludes halogenated alkanes) is 10. The fraction of sp³-hybridized carbons (Fsp3) is 0.923. The fourth-order valence-corrected chi connectivity index (χ4v) is 4.26. The summed E-state index contributed by atoms with van der Waals surface area (Å²) in [6.07, 6.45) is 23.1. The van der Waals surface area contributed by atoms with Crippen molar-refractivity contribution in [1.29, 1.82) is 0 Å². The normalized spacial score (nSPS) is 12.7. The van der Waals surface area contributed by atoms with Crippen molar-refractivity contribution in [1.82, 2.24) is 10.2 Å². The average Bonchev–Trinajstić information content (AvgIpc) is 3.22. The van der Waals surface area contributed by atoms with Crippen molar-refractivity contribution in [3.63, 3.8) is 0 Å². The third kappa shape index (κ3) is 11.8. The summed E-state index contributed by atoms with van der Waals surface area (Å²) in [6.45, 7) is 9.11. The van der Waals surface area contributed by atoms with Gasteiger partial charge in [-0.05, 0) is 25.7 Å². The van der Waals surface area contributed by atoms with Crippen LogP contribution in [0.15, 0.2) is 4.42 Å². The third-order valence-electron chi connectivity index (χ3n) is 6.28. The first-order valence-corrected chi connectivity index (χ1v) is 13.1. The van der Waals surface area contributed by atoms with E-state index in [1.165, 1.54) is 116 Å². The molecular weight excluding hydrogens is 356 g/mol. The highest BCUT2D eigenvalue weighted by Gasteiger charge is 2.22. The van der Waals surface area contributed by atoms with Gasteiger partial charge in [-0.3, -0.25) is 0 Å². The van der Waals surface area contributed by atoms with E-state index in [0.29, 0.717) is 11.8 Å². The van der Waals surface area contributed by atoms with Crippen LogP contribution in [-0.4, -0.2) is 10.2 Å². The number of nitrogens with zero attached hydrogens (tertiary/aromatic N) is 2. The van der Waals surface area contributed by atoms with Crippen LogP contribution in [0, 0.1) is 0 Å². The molecule has 1 aromatic rings. The molecule has 0 aliphatic carbocycles. The molecule has 0 fully saturated rings. The first-order valence-electron chi connectivity index (χ1n) is 13.1. The van der Waals surface area contributed by atoms with E-state index in [4.69, 9.17) is 4.42 Å². The third-order valence-corrected chi connectivity index (χ3v) is 6.28. The Morgan fingerprint density at radius 3 is 1.17 bits per heavy atom. The van der Waals surface area contributed by atoms with Gasteiger partial charge in [-0.1, -0.05) is 118 Å². The van der Waals surface area contributed by atoms with Crippen molar-refractivity contribution < 1.29 is 4.42 Å². The highest BCUT2D eigenvalue weighted by Crippen LogP contribution is 2.32. The van der Waals surface area contributed by atoms with Crippen molar-refractivity contribution in [3.8, 4) is 0 Å². The summed E-state index contributed by atoms with van der Waals surface area (Å²) in [5.74, 6) is 2.80. The van der Waals surface area contributed by atoms with E-state index in [1.54, 1.807) is 0 Å². The minimum atomic E-state index is 0.467. The zero-order valence-electron chi connectivity index (χ0n) is 20.2. The summed E-state index contributed by atoms with van der Waals surface area (Å²) in [5, 5.41) is 9.13. The van der Waals surface area contributed by atoms with Gasteiger partial charge in [0, 0.05) is 11.8 Å². The maximum atomic E-state index is 6.35. The predicted molar refractivity (Wildman–Crippen MR) is 126 cm³/mol. The van der Waals surface area contributed by atoms with Crippen LogP contribution < -0.4 is 0 Å². The van der Waals surface area contributed by atoms with Crippen LogP contribution in [-0.2, 0) is 0 Å². The highest BCUT2D eigenvalue weighted by atomic mass is 16.4. The van der Waals surface area contributed by atoms with Crippen LogP contribution in [0.25, 0.3) is 0 Å². The Bertz CT molecular complexity index is 459. The zero-order valence-corrected chi connectivity index (χ0v) is 20.2. The van der Waals surface area contributed by atoms with Gasteiger partial charge in [0.2, 0.25) is 11.8 Å². The molecule has 3 nitrogen and oxygen atoms in total. The summed E-state index contributed by atoms with van der Waals surface area (Å²) >= 11 is 0. The first kappa shape index (κ1) is 26.2. The minimum absolute atomic E-state index is 0.467. The zero-order chi connectivity index (χ0) is 21.2. The molecule has 0 spiro atoms. The summed E-state index contributed by atoms with van der Waals surface area (Å²) in [4.78, 5) is 0. The largest absolute Gasteiger partial charge is 0.425 e. The van der Waals surface area contributed by atoms with Gasteiger partial charge >= 0.3 is 0 Å². The van der Waals surface area contributed by atoms with E-state index in [2.05, 4.69) is 37.9 Å². The fourth-order valence-electron chi connectivity index (χ4n) is 4.26. The van der Waals surface area contributed by atoms with Crippen LogP contribution in [0.5, 0.6) is 0 Å². The Morgan fingerprint density at radius 1 is 0.483 bits per heavy atom. The minimum Gasteiger partial charge on any atom is -0.425 e. The molecule has 0 amide bonds. The van der Waals surface area contributed by atoms with Gasteiger partial charge in [-0.2, -0.15) is 0 Å². The van der Waals surface area contributed by atoms with Gasteiger partial charge in [0.15, 0.2) is 0 Å². The molecule has 1 rings (SSSR count). The average molecular weight is 407 g/mol. The molecule has 0 aliphatic rings. The standard InChI is InChI=1S/C26H50N2O/c1-5-9-13-16-20-23(19-12-8-4)25-27-28-26(29-25)24(21-17-14-10-6-2)22-18-15-11-7-3/h23-24H,5-22H2,1-4H3. The molecule has 1 unspecified atom stereocenters. The number of rotatable bonds is 20. The maximum absolute atomic E-state index is 6.35. The van der Waals surface area contributed by atoms with Crippen molar-refractivity contribution in [2.45, 2.75) is 155 Å². The maximum Gasteiger partial charge on any atom is 0.219 e. The molecule has 0 aliphatic heterocycles. The Balaban J connectivity index is 2.71. The Kier molecular flexibility index (Phi) is 16.2. The molecule has 1 atom stereocenters. The second kappa shape index (κ2) is 18.0. The predicted octanol–water partition coefficient (Wildman–Crippen LogP) is 9.34. The molecule has 0 N–H and O–H groups in total. The van der Waals surface area contributed by atoms with E-state index < -0.39 is 0 Å². The van der Waals surface area contributed by atoms with Crippen molar-refractivity contribution >= 4 is 0 Å². The molecule has 0 saturated heterocycles. The SMILES string of the molecule is CCCCCCC(CCCC)c1nnc(C(CCCCCC)CCCCCC)o1. The molecule has 1 heterocycles. The first-order chi connectivity index (χ1) is 14.3. The topological polar surface area (TPSA) is 38.9 Å². The van der Waals surface area contributed by atoms with Crippen LogP contribution in [0.3, 0.4) is 0 Å². The lowest BCUT2D eigenvalue weighted by Crippen LogP contribution is -2.01. The van der Waals surface area contributed by atoms with Crippen LogP contribution >= 0.6 is 0 Å². The Hall–Kier alpha value is -0.860. The Morgan fingerprint density at radius 2 is 0.828 bits per heavy atom. The summed E-state index contributed by atoms with van der Waals surface area (Å²) in [6, 6.07) is 0. The molecule has 0 radical (unpaired) electrons. The summed E-state index contributed by atoms with van der Waals surface area (Å²) in [5.41, 5.74) is 0. The summed E-state index contributed by atoms with van der Waals surface area (Å²) < 4.78 is 6.35. The lowest BCUT2D eigenvalue weighted by molar-refractivity contribution is 0.345. The van der Waals surface area contributed by atoms with E-state index in [1.807, 2.05) is 0 Å². The molecular formula is C26H50N2O. The van der Waals surface area contributed by atoms with Crippen molar-refractivity contribution in [3.05, 3.63) is 11.8 Å². The van der Waals surface area contributed by atoms with Gasteiger partial charge in [0.1, 0.15) is 0 Å². The molecule has 0 saturated carbocycles.